The zero-order valence-corrected chi connectivity index (χ0v) is 15.9. The van der Waals surface area contributed by atoms with Crippen molar-refractivity contribution in [2.24, 2.45) is 7.05 Å². The number of nitrogens with zero attached hydrogens (tertiary/aromatic N) is 6. The molecule has 0 saturated carbocycles. The third-order valence-electron chi connectivity index (χ3n) is 4.48. The van der Waals surface area contributed by atoms with Crippen molar-refractivity contribution >= 4 is 5.91 Å². The molecule has 0 radical (unpaired) electrons. The summed E-state index contributed by atoms with van der Waals surface area (Å²) in [5.74, 6) is -0.156. The van der Waals surface area contributed by atoms with Crippen molar-refractivity contribution in [2.45, 2.75) is 19.8 Å². The fourth-order valence-electron chi connectivity index (χ4n) is 3.16. The van der Waals surface area contributed by atoms with Gasteiger partial charge in [0.25, 0.3) is 5.91 Å². The molecule has 1 amide bonds. The Bertz CT molecular complexity index is 946. The van der Waals surface area contributed by atoms with Crippen molar-refractivity contribution in [3.8, 4) is 5.69 Å². The Hall–Kier alpha value is -3.04. The monoisotopic (exact) mass is 382 g/mol. The fraction of sp³-hybridized carbons (Fsp3) is 0.368. The average molecular weight is 382 g/mol. The Morgan fingerprint density at radius 3 is 2.68 bits per heavy atom. The van der Waals surface area contributed by atoms with E-state index in [0.29, 0.717) is 37.7 Å². The Morgan fingerprint density at radius 2 is 2.00 bits per heavy atom. The summed E-state index contributed by atoms with van der Waals surface area (Å²) in [6.07, 6.45) is 1.38. The highest BCUT2D eigenvalue weighted by Crippen LogP contribution is 2.15. The predicted molar refractivity (Wildman–Crippen MR) is 99.7 cm³/mol. The lowest BCUT2D eigenvalue weighted by molar-refractivity contribution is -0.0587. The molecule has 146 valence electrons. The van der Waals surface area contributed by atoms with Crippen molar-refractivity contribution in [3.05, 3.63) is 59.7 Å². The molecule has 3 aromatic rings. The van der Waals surface area contributed by atoms with Crippen LogP contribution < -0.4 is 0 Å². The number of benzene rings is 1. The normalized spacial score (nSPS) is 14.5. The summed E-state index contributed by atoms with van der Waals surface area (Å²) < 4.78 is 14.3. The van der Waals surface area contributed by atoms with E-state index < -0.39 is 6.29 Å². The zero-order valence-electron chi connectivity index (χ0n) is 15.9. The van der Waals surface area contributed by atoms with Gasteiger partial charge >= 0.3 is 0 Å². The lowest BCUT2D eigenvalue weighted by atomic mass is 10.3. The van der Waals surface area contributed by atoms with Crippen molar-refractivity contribution in [2.75, 3.05) is 19.8 Å². The van der Waals surface area contributed by atoms with E-state index in [4.69, 9.17) is 9.47 Å². The number of rotatable bonds is 6. The molecule has 0 unspecified atom stereocenters. The Morgan fingerprint density at radius 1 is 1.25 bits per heavy atom. The van der Waals surface area contributed by atoms with E-state index in [9.17, 15) is 4.79 Å². The summed E-state index contributed by atoms with van der Waals surface area (Å²) >= 11 is 0. The summed E-state index contributed by atoms with van der Waals surface area (Å²) in [5.41, 5.74) is 2.87. The van der Waals surface area contributed by atoms with Crippen LogP contribution in [0.1, 0.15) is 21.9 Å². The molecule has 0 spiro atoms. The highest BCUT2D eigenvalue weighted by atomic mass is 16.7. The van der Waals surface area contributed by atoms with Crippen molar-refractivity contribution in [1.82, 2.24) is 29.7 Å². The summed E-state index contributed by atoms with van der Waals surface area (Å²) in [4.78, 5) is 14.8. The van der Waals surface area contributed by atoms with Gasteiger partial charge in [0.1, 0.15) is 11.4 Å². The van der Waals surface area contributed by atoms with E-state index in [1.165, 1.54) is 0 Å². The number of para-hydroxylation sites is 1. The van der Waals surface area contributed by atoms with Crippen LogP contribution in [0.3, 0.4) is 0 Å². The molecule has 0 N–H and O–H groups in total. The van der Waals surface area contributed by atoms with Crippen molar-refractivity contribution in [1.29, 1.82) is 0 Å². The number of carbonyl (C=O) groups excluding carboxylic acids is 1. The maximum absolute atomic E-state index is 13.1. The number of amides is 1. The molecular weight excluding hydrogens is 360 g/mol. The highest BCUT2D eigenvalue weighted by Gasteiger charge is 2.26. The maximum Gasteiger partial charge on any atom is 0.272 e. The molecule has 1 aromatic carbocycles. The van der Waals surface area contributed by atoms with Gasteiger partial charge in [-0.25, -0.2) is 4.68 Å². The first kappa shape index (κ1) is 18.3. The second-order valence-electron chi connectivity index (χ2n) is 6.64. The van der Waals surface area contributed by atoms with Crippen LogP contribution in [-0.4, -0.2) is 61.6 Å². The van der Waals surface area contributed by atoms with Gasteiger partial charge in [0, 0.05) is 7.05 Å². The molecule has 0 aliphatic carbocycles. The van der Waals surface area contributed by atoms with Gasteiger partial charge in [-0.15, -0.1) is 5.10 Å². The molecule has 3 heterocycles. The van der Waals surface area contributed by atoms with Gasteiger partial charge in [0.05, 0.1) is 43.9 Å². The number of aryl methyl sites for hydroxylation is 2. The van der Waals surface area contributed by atoms with Crippen LogP contribution in [0.5, 0.6) is 0 Å². The van der Waals surface area contributed by atoms with Crippen LogP contribution in [0.25, 0.3) is 5.69 Å². The maximum atomic E-state index is 13.1. The molecule has 1 aliphatic heterocycles. The topological polar surface area (TPSA) is 87.3 Å². The molecule has 0 atom stereocenters. The molecule has 1 fully saturated rings. The third kappa shape index (κ3) is 3.95. The van der Waals surface area contributed by atoms with Crippen molar-refractivity contribution in [3.63, 3.8) is 0 Å². The number of ether oxygens (including phenoxy) is 2. The van der Waals surface area contributed by atoms with Crippen LogP contribution >= 0.6 is 0 Å². The van der Waals surface area contributed by atoms with Gasteiger partial charge in [0.15, 0.2) is 6.29 Å². The standard InChI is InChI=1S/C19H22N6O3/c1-14-10-17(23(2)21-14)19(26)24(13-18-27-8-9-28-18)11-15-12-25(22-20-15)16-6-4-3-5-7-16/h3-7,10,12,18H,8-9,11,13H2,1-2H3. The number of hydrogen-bond donors (Lipinski definition) is 0. The van der Waals surface area contributed by atoms with Gasteiger partial charge in [-0.05, 0) is 25.1 Å². The zero-order chi connectivity index (χ0) is 19.5. The van der Waals surface area contributed by atoms with Gasteiger partial charge in [-0.2, -0.15) is 5.10 Å². The second-order valence-corrected chi connectivity index (χ2v) is 6.64. The van der Waals surface area contributed by atoms with Crippen LogP contribution in [0.15, 0.2) is 42.6 Å². The van der Waals surface area contributed by atoms with Gasteiger partial charge in [-0.3, -0.25) is 9.48 Å². The third-order valence-corrected chi connectivity index (χ3v) is 4.48. The molecule has 2 aromatic heterocycles. The van der Waals surface area contributed by atoms with Crippen LogP contribution in [0.4, 0.5) is 0 Å². The summed E-state index contributed by atoms with van der Waals surface area (Å²) in [5, 5.41) is 12.7. The summed E-state index contributed by atoms with van der Waals surface area (Å²) in [7, 11) is 1.76. The second kappa shape index (κ2) is 7.91. The van der Waals surface area contributed by atoms with E-state index in [0.717, 1.165) is 11.4 Å². The van der Waals surface area contributed by atoms with E-state index in [2.05, 4.69) is 15.4 Å². The molecule has 28 heavy (non-hydrogen) atoms. The van der Waals surface area contributed by atoms with E-state index >= 15 is 0 Å². The molecule has 0 bridgehead atoms. The van der Waals surface area contributed by atoms with E-state index in [-0.39, 0.29) is 5.91 Å². The van der Waals surface area contributed by atoms with Gasteiger partial charge in [-0.1, -0.05) is 23.4 Å². The average Bonchev–Trinajstić information content (AvgIpc) is 3.43. The summed E-state index contributed by atoms with van der Waals surface area (Å²) in [6, 6.07) is 11.5. The largest absolute Gasteiger partial charge is 0.348 e. The summed E-state index contributed by atoms with van der Waals surface area (Å²) in [6.45, 7) is 3.51. The Kier molecular flexibility index (Phi) is 5.18. The first-order chi connectivity index (χ1) is 13.6. The minimum Gasteiger partial charge on any atom is -0.348 e. The highest BCUT2D eigenvalue weighted by molar-refractivity contribution is 5.92. The minimum atomic E-state index is -0.442. The molecule has 9 heteroatoms. The van der Waals surface area contributed by atoms with Crippen LogP contribution in [0, 0.1) is 6.92 Å². The molecule has 9 nitrogen and oxygen atoms in total. The fourth-order valence-corrected chi connectivity index (χ4v) is 3.16. The van der Waals surface area contributed by atoms with E-state index in [1.54, 1.807) is 27.4 Å². The van der Waals surface area contributed by atoms with Crippen molar-refractivity contribution < 1.29 is 14.3 Å². The lowest BCUT2D eigenvalue weighted by Gasteiger charge is -2.24. The Labute approximate surface area is 162 Å². The van der Waals surface area contributed by atoms with Gasteiger partial charge in [0.2, 0.25) is 0 Å². The quantitative estimate of drug-likeness (QED) is 0.639. The number of hydrogen-bond acceptors (Lipinski definition) is 6. The lowest BCUT2D eigenvalue weighted by Crippen LogP contribution is -2.38. The Balaban J connectivity index is 1.56. The molecule has 1 aliphatic rings. The molecule has 4 rings (SSSR count). The number of aromatic nitrogens is 5. The first-order valence-corrected chi connectivity index (χ1v) is 9.10. The van der Waals surface area contributed by atoms with Crippen LogP contribution in [-0.2, 0) is 23.1 Å². The molecular formula is C19H22N6O3. The number of carbonyl (C=O) groups is 1. The molecule has 1 saturated heterocycles. The van der Waals surface area contributed by atoms with E-state index in [1.807, 2.05) is 43.5 Å². The SMILES string of the molecule is Cc1cc(C(=O)N(Cc2cn(-c3ccccc3)nn2)CC2OCCO2)n(C)n1. The minimum absolute atomic E-state index is 0.156. The first-order valence-electron chi connectivity index (χ1n) is 9.10. The van der Waals surface area contributed by atoms with Gasteiger partial charge < -0.3 is 14.4 Å². The predicted octanol–water partition coefficient (Wildman–Crippen LogP) is 1.32. The smallest absolute Gasteiger partial charge is 0.272 e. The van der Waals surface area contributed by atoms with Crippen LogP contribution in [0.2, 0.25) is 0 Å².